The van der Waals surface area contributed by atoms with Gasteiger partial charge in [-0.1, -0.05) is 0 Å². The minimum Gasteiger partial charge on any atom is -0.486 e. The van der Waals surface area contributed by atoms with Gasteiger partial charge in [-0.2, -0.15) is 10.4 Å². The van der Waals surface area contributed by atoms with Gasteiger partial charge in [0.25, 0.3) is 5.91 Å². The van der Waals surface area contributed by atoms with Crippen LogP contribution in [-0.4, -0.2) is 35.4 Å². The van der Waals surface area contributed by atoms with Gasteiger partial charge in [0.2, 0.25) is 0 Å². The van der Waals surface area contributed by atoms with Crippen molar-refractivity contribution in [2.45, 2.75) is 12.8 Å². The number of aryl methyl sites for hydroxylation is 1. The highest BCUT2D eigenvalue weighted by Crippen LogP contribution is 2.30. The number of nitrogens with zero attached hydrogens (tertiary/aromatic N) is 3. The molecule has 3 aromatic rings. The number of anilines is 1. The molecule has 1 amide bonds. The summed E-state index contributed by atoms with van der Waals surface area (Å²) >= 11 is 0. The molecule has 9 heteroatoms. The second kappa shape index (κ2) is 8.75. The van der Waals surface area contributed by atoms with E-state index in [1.807, 2.05) is 0 Å². The summed E-state index contributed by atoms with van der Waals surface area (Å²) in [4.78, 5) is 12.4. The van der Waals surface area contributed by atoms with Gasteiger partial charge in [0.15, 0.2) is 11.5 Å². The Morgan fingerprint density at radius 2 is 1.94 bits per heavy atom. The lowest BCUT2D eigenvalue weighted by Gasteiger charge is -2.18. The van der Waals surface area contributed by atoms with Crippen molar-refractivity contribution in [2.24, 2.45) is 0 Å². The minimum absolute atomic E-state index is 0.199. The fraction of sp³-hybridized carbons (Fsp3) is 0.227. The summed E-state index contributed by atoms with van der Waals surface area (Å²) in [5, 5.41) is 16.7. The largest absolute Gasteiger partial charge is 0.486 e. The van der Waals surface area contributed by atoms with Crippen molar-refractivity contribution < 1.29 is 18.7 Å². The van der Waals surface area contributed by atoms with Crippen LogP contribution in [-0.2, 0) is 6.42 Å². The number of nitrogens with one attached hydrogen (secondary N) is 1. The molecule has 0 saturated heterocycles. The van der Waals surface area contributed by atoms with Crippen LogP contribution < -0.4 is 20.5 Å². The van der Waals surface area contributed by atoms with E-state index >= 15 is 0 Å². The van der Waals surface area contributed by atoms with Crippen molar-refractivity contribution in [1.29, 1.82) is 5.26 Å². The first-order chi connectivity index (χ1) is 15.1. The molecule has 0 fully saturated rings. The zero-order valence-corrected chi connectivity index (χ0v) is 16.6. The lowest BCUT2D eigenvalue weighted by molar-refractivity contribution is 0.0952. The van der Waals surface area contributed by atoms with E-state index in [-0.39, 0.29) is 23.1 Å². The van der Waals surface area contributed by atoms with Crippen LogP contribution in [0.1, 0.15) is 28.0 Å². The maximum atomic E-state index is 13.2. The third-order valence-electron chi connectivity index (χ3n) is 4.86. The summed E-state index contributed by atoms with van der Waals surface area (Å²) in [6, 6.07) is 12.8. The fourth-order valence-electron chi connectivity index (χ4n) is 3.30. The summed E-state index contributed by atoms with van der Waals surface area (Å²) in [6.07, 6.45) is 1.01. The highest BCUT2D eigenvalue weighted by Gasteiger charge is 2.17. The van der Waals surface area contributed by atoms with Crippen LogP contribution in [0, 0.1) is 17.1 Å². The monoisotopic (exact) mass is 421 g/mol. The number of carbonyl (C=O) groups is 1. The van der Waals surface area contributed by atoms with Crippen LogP contribution in [0.25, 0.3) is 5.69 Å². The quantitative estimate of drug-likeness (QED) is 0.591. The Kier molecular flexibility index (Phi) is 5.71. The van der Waals surface area contributed by atoms with Crippen LogP contribution in [0.5, 0.6) is 11.5 Å². The van der Waals surface area contributed by atoms with Gasteiger partial charge < -0.3 is 20.5 Å². The third kappa shape index (κ3) is 4.28. The van der Waals surface area contributed by atoms with Crippen molar-refractivity contribution in [1.82, 2.24) is 15.1 Å². The molecule has 8 nitrogen and oxygen atoms in total. The van der Waals surface area contributed by atoms with Gasteiger partial charge in [-0.05, 0) is 55.3 Å². The van der Waals surface area contributed by atoms with Crippen LogP contribution in [0.2, 0.25) is 0 Å². The van der Waals surface area contributed by atoms with Gasteiger partial charge in [0.05, 0.1) is 11.4 Å². The van der Waals surface area contributed by atoms with Crippen LogP contribution >= 0.6 is 0 Å². The molecule has 158 valence electrons. The molecule has 0 radical (unpaired) electrons. The van der Waals surface area contributed by atoms with Gasteiger partial charge in [-0.25, -0.2) is 9.07 Å². The number of rotatable bonds is 6. The Morgan fingerprint density at radius 1 is 1.19 bits per heavy atom. The second-order valence-corrected chi connectivity index (χ2v) is 6.92. The van der Waals surface area contributed by atoms with Gasteiger partial charge in [0, 0.05) is 12.1 Å². The van der Waals surface area contributed by atoms with E-state index in [0.29, 0.717) is 61.0 Å². The molecule has 0 atom stereocenters. The molecule has 1 aliphatic rings. The maximum Gasteiger partial charge on any atom is 0.251 e. The fourth-order valence-corrected chi connectivity index (χ4v) is 3.30. The first-order valence-electron chi connectivity index (χ1n) is 9.78. The molecular formula is C22H20FN5O3. The van der Waals surface area contributed by atoms with Crippen molar-refractivity contribution in [3.63, 3.8) is 0 Å². The number of nitrogens with two attached hydrogens (primary N) is 1. The second-order valence-electron chi connectivity index (χ2n) is 6.92. The summed E-state index contributed by atoms with van der Waals surface area (Å²) in [5.41, 5.74) is 7.91. The van der Waals surface area contributed by atoms with Crippen LogP contribution in [0.15, 0.2) is 42.5 Å². The SMILES string of the molecule is N#Cc1c(CCCNC(=O)c2ccc3c(c2)OCCO3)nn(-c2ccc(F)cc2)c1N. The van der Waals surface area contributed by atoms with Crippen molar-refractivity contribution >= 4 is 11.7 Å². The molecule has 4 rings (SSSR count). The Labute approximate surface area is 178 Å². The van der Waals surface area contributed by atoms with E-state index in [1.54, 1.807) is 18.2 Å². The van der Waals surface area contributed by atoms with Gasteiger partial charge >= 0.3 is 0 Å². The van der Waals surface area contributed by atoms with E-state index < -0.39 is 0 Å². The molecule has 0 unspecified atom stereocenters. The number of carbonyl (C=O) groups excluding carboxylic acids is 1. The number of halogens is 1. The smallest absolute Gasteiger partial charge is 0.251 e. The number of nitriles is 1. The predicted molar refractivity (Wildman–Crippen MR) is 111 cm³/mol. The molecule has 0 saturated carbocycles. The number of amides is 1. The lowest BCUT2D eigenvalue weighted by Crippen LogP contribution is -2.25. The molecule has 0 spiro atoms. The minimum atomic E-state index is -0.371. The van der Waals surface area contributed by atoms with E-state index in [2.05, 4.69) is 16.5 Å². The number of fused-ring (bicyclic) bond motifs is 1. The van der Waals surface area contributed by atoms with Gasteiger partial charge in [-0.3, -0.25) is 4.79 Å². The predicted octanol–water partition coefficient (Wildman–Crippen LogP) is 2.60. The van der Waals surface area contributed by atoms with Crippen LogP contribution in [0.3, 0.4) is 0 Å². The number of aromatic nitrogens is 2. The molecule has 0 aliphatic carbocycles. The Bertz CT molecular complexity index is 1150. The van der Waals surface area contributed by atoms with E-state index in [9.17, 15) is 14.4 Å². The lowest BCUT2D eigenvalue weighted by atomic mass is 10.1. The van der Waals surface area contributed by atoms with Gasteiger partial charge in [0.1, 0.15) is 36.5 Å². The molecule has 3 N–H and O–H groups in total. The molecule has 1 aromatic heterocycles. The summed E-state index contributed by atoms with van der Waals surface area (Å²) in [7, 11) is 0. The molecule has 31 heavy (non-hydrogen) atoms. The van der Waals surface area contributed by atoms with E-state index in [1.165, 1.54) is 28.9 Å². The first kappa shape index (κ1) is 20.2. The highest BCUT2D eigenvalue weighted by molar-refractivity contribution is 5.94. The normalized spacial score (nSPS) is 12.3. The van der Waals surface area contributed by atoms with E-state index in [0.717, 1.165) is 0 Å². The Balaban J connectivity index is 1.37. The molecule has 2 heterocycles. The summed E-state index contributed by atoms with van der Waals surface area (Å²) < 4.78 is 25.5. The summed E-state index contributed by atoms with van der Waals surface area (Å²) in [5.74, 6) is 0.780. The molecular weight excluding hydrogens is 401 g/mol. The van der Waals surface area contributed by atoms with Gasteiger partial charge in [-0.15, -0.1) is 0 Å². The van der Waals surface area contributed by atoms with Crippen molar-refractivity contribution in [3.8, 4) is 23.3 Å². The zero-order valence-electron chi connectivity index (χ0n) is 16.6. The number of hydrogen-bond acceptors (Lipinski definition) is 6. The molecule has 1 aliphatic heterocycles. The first-order valence-corrected chi connectivity index (χ1v) is 9.78. The average Bonchev–Trinajstić information content (AvgIpc) is 3.11. The van der Waals surface area contributed by atoms with E-state index in [4.69, 9.17) is 15.2 Å². The van der Waals surface area contributed by atoms with Crippen molar-refractivity contribution in [2.75, 3.05) is 25.5 Å². The Morgan fingerprint density at radius 3 is 2.68 bits per heavy atom. The number of nitrogen functional groups attached to an aromatic ring is 1. The van der Waals surface area contributed by atoms with Crippen LogP contribution in [0.4, 0.5) is 10.2 Å². The Hall–Kier alpha value is -4.06. The zero-order chi connectivity index (χ0) is 21.8. The topological polar surface area (TPSA) is 115 Å². The summed E-state index contributed by atoms with van der Waals surface area (Å²) in [6.45, 7) is 1.33. The van der Waals surface area contributed by atoms with Crippen molar-refractivity contribution in [3.05, 3.63) is 65.1 Å². The number of hydrogen-bond donors (Lipinski definition) is 2. The average molecular weight is 421 g/mol. The maximum absolute atomic E-state index is 13.2. The number of ether oxygens (including phenoxy) is 2. The number of benzene rings is 2. The molecule has 0 bridgehead atoms. The third-order valence-corrected chi connectivity index (χ3v) is 4.86. The highest BCUT2D eigenvalue weighted by atomic mass is 19.1. The molecule has 2 aromatic carbocycles. The standard InChI is InChI=1S/C22H20FN5O3/c23-15-4-6-16(7-5-15)28-21(25)17(13-24)18(27-28)2-1-9-26-22(29)14-3-8-19-20(12-14)31-11-10-30-19/h3-8,12H,1-2,9-11,25H2,(H,26,29).